The van der Waals surface area contributed by atoms with Gasteiger partial charge in [0, 0.05) is 18.7 Å². The van der Waals surface area contributed by atoms with E-state index in [1.807, 2.05) is 12.1 Å². The van der Waals surface area contributed by atoms with Gasteiger partial charge in [0.05, 0.1) is 0 Å². The van der Waals surface area contributed by atoms with Crippen LogP contribution < -0.4 is 10.8 Å². The van der Waals surface area contributed by atoms with Gasteiger partial charge in [0.1, 0.15) is 17.0 Å². The summed E-state index contributed by atoms with van der Waals surface area (Å²) in [6.07, 6.45) is 2.00. The summed E-state index contributed by atoms with van der Waals surface area (Å²) in [6.45, 7) is 1.63. The molecule has 1 aromatic carbocycles. The number of phenols is 1. The zero-order valence-electron chi connectivity index (χ0n) is 9.16. The van der Waals surface area contributed by atoms with Gasteiger partial charge in [-0.2, -0.15) is 0 Å². The summed E-state index contributed by atoms with van der Waals surface area (Å²) in [5, 5.41) is 12.5. The summed E-state index contributed by atoms with van der Waals surface area (Å²) in [6, 6.07) is 6.87. The lowest BCUT2D eigenvalue weighted by Gasteiger charge is -2.34. The molecule has 1 saturated heterocycles. The number of hydrogen-bond donors (Lipinski definition) is 3. The van der Waals surface area contributed by atoms with Crippen molar-refractivity contribution in [3.63, 3.8) is 0 Å². The van der Waals surface area contributed by atoms with Gasteiger partial charge in [-0.1, -0.05) is 12.0 Å². The highest BCUT2D eigenvalue weighted by atomic mass is 16.7. The van der Waals surface area contributed by atoms with Crippen molar-refractivity contribution in [1.29, 1.82) is 0 Å². The smallest absolute Gasteiger partial charge is 0.142 e. The molecule has 1 fully saturated rings. The summed E-state index contributed by atoms with van der Waals surface area (Å²) in [5.74, 6) is 6.18. The molecule has 1 spiro atoms. The molecule has 2 aliphatic rings. The normalized spacial score (nSPS) is 19.9. The molecule has 2 aliphatic heterocycles. The van der Waals surface area contributed by atoms with Gasteiger partial charge in [0.25, 0.3) is 0 Å². The Labute approximate surface area is 99.2 Å². The van der Waals surface area contributed by atoms with Crippen molar-refractivity contribution >= 4 is 0 Å². The molecule has 0 bridgehead atoms. The van der Waals surface area contributed by atoms with Crippen LogP contribution in [0.1, 0.15) is 5.56 Å². The van der Waals surface area contributed by atoms with Gasteiger partial charge in [-0.15, -0.1) is 0 Å². The molecule has 0 aromatic heterocycles. The second-order valence-electron chi connectivity index (χ2n) is 4.23. The van der Waals surface area contributed by atoms with E-state index in [1.165, 1.54) is 0 Å². The van der Waals surface area contributed by atoms with Crippen LogP contribution in [-0.2, 0) is 4.84 Å². The van der Waals surface area contributed by atoms with Gasteiger partial charge < -0.3 is 10.4 Å². The number of aromatic hydroxyl groups is 1. The first-order chi connectivity index (χ1) is 8.26. The minimum Gasteiger partial charge on any atom is -0.508 e. The molecule has 3 rings (SSSR count). The minimum absolute atomic E-state index is 0.206. The lowest BCUT2D eigenvalue weighted by atomic mass is 9.97. The molecule has 0 atom stereocenters. The standard InChI is InChI=1S/C13H12N2O2/c16-12-3-1-2-10(6-12)4-5-11-7-13(17-15-11)8-14-9-13/h1-3,6-7,14-16H,8-9H2. The van der Waals surface area contributed by atoms with Crippen molar-refractivity contribution in [2.75, 3.05) is 13.1 Å². The highest BCUT2D eigenvalue weighted by Gasteiger charge is 2.40. The number of benzene rings is 1. The SMILES string of the molecule is Oc1cccc(C#CC2=CC3(CNC3)ON2)c1. The lowest BCUT2D eigenvalue weighted by Crippen LogP contribution is -2.59. The van der Waals surface area contributed by atoms with Gasteiger partial charge in [-0.3, -0.25) is 10.3 Å². The van der Waals surface area contributed by atoms with Crippen molar-refractivity contribution in [2.45, 2.75) is 5.60 Å². The summed E-state index contributed by atoms with van der Waals surface area (Å²) in [7, 11) is 0. The monoisotopic (exact) mass is 228 g/mol. The molecular weight excluding hydrogens is 216 g/mol. The molecule has 0 unspecified atom stereocenters. The van der Waals surface area contributed by atoms with Crippen LogP contribution in [0.15, 0.2) is 36.0 Å². The number of hydrogen-bond acceptors (Lipinski definition) is 4. The number of nitrogens with one attached hydrogen (secondary N) is 2. The minimum atomic E-state index is -0.206. The first kappa shape index (κ1) is 10.2. The van der Waals surface area contributed by atoms with Crippen molar-refractivity contribution in [3.8, 4) is 17.6 Å². The van der Waals surface area contributed by atoms with E-state index in [2.05, 4.69) is 22.6 Å². The van der Waals surface area contributed by atoms with Crippen molar-refractivity contribution < 1.29 is 9.94 Å². The van der Waals surface area contributed by atoms with Gasteiger partial charge in [0.15, 0.2) is 0 Å². The quantitative estimate of drug-likeness (QED) is 0.566. The van der Waals surface area contributed by atoms with Crippen LogP contribution >= 0.6 is 0 Å². The molecule has 0 saturated carbocycles. The Morgan fingerprint density at radius 2 is 2.18 bits per heavy atom. The van der Waals surface area contributed by atoms with E-state index in [0.29, 0.717) is 0 Å². The van der Waals surface area contributed by atoms with E-state index in [1.54, 1.807) is 18.2 Å². The largest absolute Gasteiger partial charge is 0.508 e. The Kier molecular flexibility index (Phi) is 2.29. The van der Waals surface area contributed by atoms with Crippen LogP contribution in [0.2, 0.25) is 0 Å². The zero-order chi connectivity index (χ0) is 11.7. The average Bonchev–Trinajstić information content (AvgIpc) is 2.71. The molecule has 4 nitrogen and oxygen atoms in total. The predicted molar refractivity (Wildman–Crippen MR) is 62.9 cm³/mol. The van der Waals surface area contributed by atoms with Gasteiger partial charge >= 0.3 is 0 Å². The van der Waals surface area contributed by atoms with Gasteiger partial charge in [-0.05, 0) is 30.2 Å². The first-order valence-electron chi connectivity index (χ1n) is 5.44. The Balaban J connectivity index is 1.78. The molecule has 3 N–H and O–H groups in total. The van der Waals surface area contributed by atoms with Crippen molar-refractivity contribution in [2.24, 2.45) is 0 Å². The second kappa shape index (κ2) is 3.81. The number of hydroxylamine groups is 1. The van der Waals surface area contributed by atoms with Crippen molar-refractivity contribution in [3.05, 3.63) is 41.6 Å². The Bertz CT molecular complexity index is 536. The molecule has 4 heteroatoms. The highest BCUT2D eigenvalue weighted by molar-refractivity contribution is 5.44. The van der Waals surface area contributed by atoms with Crippen LogP contribution in [0.4, 0.5) is 0 Å². The van der Waals surface area contributed by atoms with Crippen LogP contribution in [0.5, 0.6) is 5.75 Å². The maximum atomic E-state index is 9.30. The van der Waals surface area contributed by atoms with E-state index in [0.717, 1.165) is 24.4 Å². The fraction of sp³-hybridized carbons (Fsp3) is 0.231. The van der Waals surface area contributed by atoms with Crippen molar-refractivity contribution in [1.82, 2.24) is 10.8 Å². The van der Waals surface area contributed by atoms with Crippen LogP contribution in [-0.4, -0.2) is 23.8 Å². The Hall–Kier alpha value is -1.96. The van der Waals surface area contributed by atoms with E-state index < -0.39 is 0 Å². The lowest BCUT2D eigenvalue weighted by molar-refractivity contribution is -0.0689. The molecule has 0 radical (unpaired) electrons. The third-order valence-corrected chi connectivity index (χ3v) is 2.81. The summed E-state index contributed by atoms with van der Waals surface area (Å²) in [5.41, 5.74) is 4.16. The third kappa shape index (κ3) is 1.98. The Morgan fingerprint density at radius 1 is 1.29 bits per heavy atom. The predicted octanol–water partition coefficient (Wildman–Crippen LogP) is 0.504. The fourth-order valence-corrected chi connectivity index (χ4v) is 1.81. The molecule has 0 aliphatic carbocycles. The highest BCUT2D eigenvalue weighted by Crippen LogP contribution is 2.23. The molecular formula is C13H12N2O2. The second-order valence-corrected chi connectivity index (χ2v) is 4.23. The molecule has 1 aromatic rings. The average molecular weight is 228 g/mol. The van der Waals surface area contributed by atoms with Gasteiger partial charge in [-0.25, -0.2) is 0 Å². The van der Waals surface area contributed by atoms with E-state index in [4.69, 9.17) is 4.84 Å². The van der Waals surface area contributed by atoms with Gasteiger partial charge in [0.2, 0.25) is 0 Å². The van der Waals surface area contributed by atoms with E-state index >= 15 is 0 Å². The maximum Gasteiger partial charge on any atom is 0.142 e. The fourth-order valence-electron chi connectivity index (χ4n) is 1.81. The maximum absolute atomic E-state index is 9.30. The Morgan fingerprint density at radius 3 is 2.82 bits per heavy atom. The van der Waals surface area contributed by atoms with Crippen LogP contribution in [0.3, 0.4) is 0 Å². The molecule has 2 heterocycles. The number of rotatable bonds is 0. The summed E-state index contributed by atoms with van der Waals surface area (Å²) in [4.78, 5) is 5.44. The molecule has 17 heavy (non-hydrogen) atoms. The van der Waals surface area contributed by atoms with Crippen LogP contribution in [0, 0.1) is 11.8 Å². The molecule has 0 amide bonds. The van der Waals surface area contributed by atoms with Crippen LogP contribution in [0.25, 0.3) is 0 Å². The topological polar surface area (TPSA) is 53.5 Å². The number of allylic oxidation sites excluding steroid dienone is 1. The first-order valence-corrected chi connectivity index (χ1v) is 5.44. The summed E-state index contributed by atoms with van der Waals surface area (Å²) >= 11 is 0. The van der Waals surface area contributed by atoms with E-state index in [-0.39, 0.29) is 11.4 Å². The molecule has 86 valence electrons. The summed E-state index contributed by atoms with van der Waals surface area (Å²) < 4.78 is 0. The third-order valence-electron chi connectivity index (χ3n) is 2.81. The number of phenolic OH excluding ortho intramolecular Hbond substituents is 1. The zero-order valence-corrected chi connectivity index (χ0v) is 9.16. The van der Waals surface area contributed by atoms with E-state index in [9.17, 15) is 5.11 Å².